The highest BCUT2D eigenvalue weighted by molar-refractivity contribution is 5.95. The van der Waals surface area contributed by atoms with Crippen molar-refractivity contribution in [2.75, 3.05) is 0 Å². The van der Waals surface area contributed by atoms with E-state index in [0.717, 1.165) is 11.5 Å². The minimum absolute atomic E-state index is 0.0857. The van der Waals surface area contributed by atoms with Crippen LogP contribution in [-0.4, -0.2) is 12.0 Å². The summed E-state index contributed by atoms with van der Waals surface area (Å²) in [5.74, 6) is 0.747. The molecule has 2 aromatic carbocycles. The molecule has 1 heterocycles. The van der Waals surface area contributed by atoms with Crippen molar-refractivity contribution in [3.05, 3.63) is 71.8 Å². The van der Waals surface area contributed by atoms with Crippen molar-refractivity contribution in [2.45, 2.75) is 19.1 Å². The minimum Gasteiger partial charge on any atom is -0.472 e. The molecule has 0 amide bonds. The van der Waals surface area contributed by atoms with Gasteiger partial charge in [-0.2, -0.15) is 0 Å². The number of nitrogens with zero attached hydrogens (tertiary/aromatic N) is 1. The number of rotatable bonds is 2. The Labute approximate surface area is 107 Å². The quantitative estimate of drug-likeness (QED) is 0.782. The Bertz CT molecular complexity index is 548. The number of hydrogen-bond donors (Lipinski definition) is 0. The minimum atomic E-state index is 0.0857. The zero-order chi connectivity index (χ0) is 12.4. The monoisotopic (exact) mass is 237 g/mol. The molecule has 0 fully saturated rings. The zero-order valence-electron chi connectivity index (χ0n) is 10.3. The summed E-state index contributed by atoms with van der Waals surface area (Å²) in [6, 6.07) is 20.5. The van der Waals surface area contributed by atoms with Crippen molar-refractivity contribution in [1.82, 2.24) is 0 Å². The second-order valence-electron chi connectivity index (χ2n) is 4.48. The van der Waals surface area contributed by atoms with Crippen molar-refractivity contribution < 1.29 is 4.74 Å². The molecular weight excluding hydrogens is 222 g/mol. The van der Waals surface area contributed by atoms with Crippen LogP contribution in [0.3, 0.4) is 0 Å². The van der Waals surface area contributed by atoms with E-state index in [1.807, 2.05) is 48.5 Å². The zero-order valence-corrected chi connectivity index (χ0v) is 10.3. The Morgan fingerprint density at radius 3 is 2.17 bits per heavy atom. The van der Waals surface area contributed by atoms with E-state index in [4.69, 9.17) is 9.73 Å². The predicted octanol–water partition coefficient (Wildman–Crippen LogP) is 3.59. The van der Waals surface area contributed by atoms with Gasteiger partial charge in [0.05, 0.1) is 0 Å². The molecule has 2 heteroatoms. The Morgan fingerprint density at radius 1 is 0.889 bits per heavy atom. The summed E-state index contributed by atoms with van der Waals surface area (Å²) >= 11 is 0. The summed E-state index contributed by atoms with van der Waals surface area (Å²) in [5, 5.41) is 0. The number of aliphatic imine (C=N–C) groups is 1. The molecule has 0 aromatic heterocycles. The van der Waals surface area contributed by atoms with Gasteiger partial charge in [-0.15, -0.1) is 0 Å². The van der Waals surface area contributed by atoms with Crippen LogP contribution < -0.4 is 0 Å². The summed E-state index contributed by atoms with van der Waals surface area (Å²) < 4.78 is 5.86. The molecule has 1 aliphatic heterocycles. The van der Waals surface area contributed by atoms with Gasteiger partial charge in [0.25, 0.3) is 0 Å². The largest absolute Gasteiger partial charge is 0.472 e. The average Bonchev–Trinajstić information content (AvgIpc) is 2.83. The van der Waals surface area contributed by atoms with E-state index in [9.17, 15) is 0 Å². The molecule has 2 aromatic rings. The van der Waals surface area contributed by atoms with E-state index >= 15 is 0 Å². The Kier molecular flexibility index (Phi) is 2.85. The van der Waals surface area contributed by atoms with E-state index in [-0.39, 0.29) is 12.1 Å². The first kappa shape index (κ1) is 11.0. The molecular formula is C16H15NO. The number of benzene rings is 2. The third-order valence-electron chi connectivity index (χ3n) is 3.16. The fourth-order valence-electron chi connectivity index (χ4n) is 2.22. The Hall–Kier alpha value is -2.09. The SMILES string of the molecule is C[C@H]1OC(c2ccccc2)=N[C@@H]1c1ccccc1. The lowest BCUT2D eigenvalue weighted by Gasteiger charge is -2.12. The Balaban J connectivity index is 1.92. The lowest BCUT2D eigenvalue weighted by Crippen LogP contribution is -2.12. The molecule has 0 saturated carbocycles. The van der Waals surface area contributed by atoms with Crippen molar-refractivity contribution in [1.29, 1.82) is 0 Å². The van der Waals surface area contributed by atoms with Gasteiger partial charge >= 0.3 is 0 Å². The maximum atomic E-state index is 5.86. The molecule has 18 heavy (non-hydrogen) atoms. The molecule has 90 valence electrons. The summed E-state index contributed by atoms with van der Waals surface area (Å²) in [5.41, 5.74) is 2.25. The van der Waals surface area contributed by atoms with Crippen molar-refractivity contribution in [2.24, 2.45) is 4.99 Å². The first-order valence-electron chi connectivity index (χ1n) is 6.19. The van der Waals surface area contributed by atoms with E-state index in [0.29, 0.717) is 0 Å². The van der Waals surface area contributed by atoms with Crippen LogP contribution in [0.1, 0.15) is 24.1 Å². The van der Waals surface area contributed by atoms with Gasteiger partial charge in [-0.1, -0.05) is 48.5 Å². The molecule has 2 nitrogen and oxygen atoms in total. The predicted molar refractivity (Wildman–Crippen MR) is 72.7 cm³/mol. The molecule has 0 radical (unpaired) electrons. The smallest absolute Gasteiger partial charge is 0.217 e. The molecule has 0 aliphatic carbocycles. The van der Waals surface area contributed by atoms with Gasteiger partial charge in [0.15, 0.2) is 0 Å². The van der Waals surface area contributed by atoms with Gasteiger partial charge in [-0.3, -0.25) is 0 Å². The maximum absolute atomic E-state index is 5.86. The second kappa shape index (κ2) is 4.65. The first-order valence-corrected chi connectivity index (χ1v) is 6.19. The average molecular weight is 237 g/mol. The van der Waals surface area contributed by atoms with Gasteiger partial charge in [0.2, 0.25) is 5.90 Å². The Morgan fingerprint density at radius 2 is 1.50 bits per heavy atom. The highest BCUT2D eigenvalue weighted by Gasteiger charge is 2.28. The number of ether oxygens (including phenoxy) is 1. The molecule has 0 spiro atoms. The lowest BCUT2D eigenvalue weighted by atomic mass is 10.0. The van der Waals surface area contributed by atoms with Crippen molar-refractivity contribution >= 4 is 5.90 Å². The van der Waals surface area contributed by atoms with Crippen LogP contribution in [0.2, 0.25) is 0 Å². The normalized spacial score (nSPS) is 22.4. The summed E-state index contributed by atoms with van der Waals surface area (Å²) in [6.07, 6.45) is 0.0857. The molecule has 0 unspecified atom stereocenters. The molecule has 0 saturated heterocycles. The highest BCUT2D eigenvalue weighted by Crippen LogP contribution is 2.30. The van der Waals surface area contributed by atoms with Gasteiger partial charge in [0.1, 0.15) is 12.1 Å². The van der Waals surface area contributed by atoms with Crippen LogP contribution >= 0.6 is 0 Å². The van der Waals surface area contributed by atoms with Crippen LogP contribution in [-0.2, 0) is 4.74 Å². The summed E-state index contributed by atoms with van der Waals surface area (Å²) in [6.45, 7) is 2.07. The van der Waals surface area contributed by atoms with Crippen LogP contribution in [0.4, 0.5) is 0 Å². The molecule has 0 bridgehead atoms. The van der Waals surface area contributed by atoms with Crippen molar-refractivity contribution in [3.8, 4) is 0 Å². The maximum Gasteiger partial charge on any atom is 0.217 e. The van der Waals surface area contributed by atoms with Crippen molar-refractivity contribution in [3.63, 3.8) is 0 Å². The van der Waals surface area contributed by atoms with Gasteiger partial charge in [0, 0.05) is 5.56 Å². The molecule has 3 rings (SSSR count). The summed E-state index contributed by atoms with van der Waals surface area (Å²) in [7, 11) is 0. The van der Waals surface area contributed by atoms with E-state index in [1.54, 1.807) is 0 Å². The van der Waals surface area contributed by atoms with Crippen LogP contribution in [0.25, 0.3) is 0 Å². The molecule has 2 atom stereocenters. The molecule has 1 aliphatic rings. The highest BCUT2D eigenvalue weighted by atomic mass is 16.5. The lowest BCUT2D eigenvalue weighted by molar-refractivity contribution is 0.214. The third kappa shape index (κ3) is 2.02. The van der Waals surface area contributed by atoms with Crippen LogP contribution in [0.5, 0.6) is 0 Å². The molecule has 0 N–H and O–H groups in total. The van der Waals surface area contributed by atoms with E-state index < -0.39 is 0 Å². The van der Waals surface area contributed by atoms with Crippen LogP contribution in [0.15, 0.2) is 65.7 Å². The van der Waals surface area contributed by atoms with E-state index in [2.05, 4.69) is 19.1 Å². The second-order valence-corrected chi connectivity index (χ2v) is 4.48. The van der Waals surface area contributed by atoms with Crippen LogP contribution in [0, 0.1) is 0 Å². The fraction of sp³-hybridized carbons (Fsp3) is 0.188. The first-order chi connectivity index (χ1) is 8.84. The number of hydrogen-bond acceptors (Lipinski definition) is 2. The standard InChI is InChI=1S/C16H15NO/c1-12-15(13-8-4-2-5-9-13)17-16(18-12)14-10-6-3-7-11-14/h2-12,15H,1H3/t12-,15+/m1/s1. The fourth-order valence-corrected chi connectivity index (χ4v) is 2.22. The summed E-state index contributed by atoms with van der Waals surface area (Å²) in [4.78, 5) is 4.70. The topological polar surface area (TPSA) is 21.6 Å². The van der Waals surface area contributed by atoms with Gasteiger partial charge in [-0.05, 0) is 24.6 Å². The van der Waals surface area contributed by atoms with Gasteiger partial charge in [-0.25, -0.2) is 4.99 Å². The van der Waals surface area contributed by atoms with E-state index in [1.165, 1.54) is 5.56 Å². The third-order valence-corrected chi connectivity index (χ3v) is 3.16. The van der Waals surface area contributed by atoms with Gasteiger partial charge < -0.3 is 4.74 Å².